The largest absolute Gasteiger partial charge is 0.430 e. The molecule has 3 N–H and O–H groups in total. The van der Waals surface area contributed by atoms with Crippen LogP contribution >= 0.6 is 0 Å². The first-order valence-corrected chi connectivity index (χ1v) is 5.99. The van der Waals surface area contributed by atoms with E-state index in [0.717, 1.165) is 12.3 Å². The molecule has 1 aromatic heterocycles. The molecule has 2 aromatic rings. The molecule has 0 aliphatic rings. The van der Waals surface area contributed by atoms with Crippen LogP contribution in [0.4, 0.5) is 10.1 Å². The van der Waals surface area contributed by atoms with Crippen molar-refractivity contribution in [2.24, 2.45) is 5.73 Å². The van der Waals surface area contributed by atoms with Crippen LogP contribution in [-0.2, 0) is 0 Å². The monoisotopic (exact) mass is 286 g/mol. The predicted molar refractivity (Wildman–Crippen MR) is 75.3 cm³/mol. The van der Waals surface area contributed by atoms with Crippen molar-refractivity contribution in [1.29, 1.82) is 0 Å². The Morgan fingerprint density at radius 1 is 1.33 bits per heavy atom. The molecule has 1 heterocycles. The molecular formula is C15H11FN2O3. The van der Waals surface area contributed by atoms with Gasteiger partial charge in [0.2, 0.25) is 0 Å². The molecule has 1 aromatic carbocycles. The van der Waals surface area contributed by atoms with Gasteiger partial charge in [-0.1, -0.05) is 11.8 Å². The lowest BCUT2D eigenvalue weighted by Gasteiger charge is -2.05. The number of rotatable bonds is 2. The van der Waals surface area contributed by atoms with E-state index in [1.165, 1.54) is 24.3 Å². The van der Waals surface area contributed by atoms with Gasteiger partial charge >= 0.3 is 5.63 Å². The quantitative estimate of drug-likeness (QED) is 0.816. The van der Waals surface area contributed by atoms with Crippen LogP contribution in [0.3, 0.4) is 0 Å². The first-order chi connectivity index (χ1) is 10.1. The summed E-state index contributed by atoms with van der Waals surface area (Å²) in [5.74, 6) is 4.13. The lowest BCUT2D eigenvalue weighted by Crippen LogP contribution is -2.13. The van der Waals surface area contributed by atoms with Gasteiger partial charge in [0.25, 0.3) is 5.91 Å². The van der Waals surface area contributed by atoms with Gasteiger partial charge in [-0.25, -0.2) is 9.18 Å². The summed E-state index contributed by atoms with van der Waals surface area (Å²) < 4.78 is 18.1. The van der Waals surface area contributed by atoms with Crippen molar-refractivity contribution in [2.75, 3.05) is 11.9 Å². The van der Waals surface area contributed by atoms with Crippen LogP contribution in [0.25, 0.3) is 0 Å². The van der Waals surface area contributed by atoms with E-state index in [2.05, 4.69) is 21.6 Å². The summed E-state index contributed by atoms with van der Waals surface area (Å²) in [6.45, 7) is 0.110. The highest BCUT2D eigenvalue weighted by Crippen LogP contribution is 2.15. The minimum atomic E-state index is -0.548. The molecule has 0 unspecified atom stereocenters. The highest BCUT2D eigenvalue weighted by atomic mass is 19.1. The second-order valence-electron chi connectivity index (χ2n) is 4.00. The van der Waals surface area contributed by atoms with Crippen LogP contribution in [-0.4, -0.2) is 12.5 Å². The van der Waals surface area contributed by atoms with Gasteiger partial charge in [-0.05, 0) is 24.3 Å². The Bertz CT molecular complexity index is 767. The van der Waals surface area contributed by atoms with Crippen LogP contribution in [0.5, 0.6) is 0 Å². The Labute approximate surface area is 119 Å². The van der Waals surface area contributed by atoms with E-state index in [4.69, 9.17) is 5.73 Å². The Kier molecular flexibility index (Phi) is 4.49. The smallest absolute Gasteiger partial charge is 0.335 e. The maximum absolute atomic E-state index is 13.5. The minimum absolute atomic E-state index is 0.110. The lowest BCUT2D eigenvalue weighted by atomic mass is 10.2. The van der Waals surface area contributed by atoms with Gasteiger partial charge in [-0.2, -0.15) is 0 Å². The number of hydrogen-bond acceptors (Lipinski definition) is 4. The molecule has 0 radical (unpaired) electrons. The normalized spacial score (nSPS) is 9.62. The van der Waals surface area contributed by atoms with Crippen molar-refractivity contribution in [3.8, 4) is 11.8 Å². The molecule has 0 saturated carbocycles. The fourth-order valence-electron chi connectivity index (χ4n) is 1.54. The molecule has 6 heteroatoms. The molecule has 21 heavy (non-hydrogen) atoms. The number of nitrogens with two attached hydrogens (primary N) is 1. The molecule has 0 aliphatic heterocycles. The van der Waals surface area contributed by atoms with Crippen molar-refractivity contribution >= 4 is 11.6 Å². The van der Waals surface area contributed by atoms with E-state index in [1.54, 1.807) is 0 Å². The van der Waals surface area contributed by atoms with Gasteiger partial charge in [0.15, 0.2) is 0 Å². The van der Waals surface area contributed by atoms with Crippen LogP contribution in [0.2, 0.25) is 0 Å². The molecule has 106 valence electrons. The standard InChI is InChI=1S/C15H11FN2O3/c16-13-5-4-12(8-10(13)2-1-7-17)18-15(20)11-3-6-14(19)21-9-11/h3-6,8-9H,7,17H2,(H,18,20). The molecule has 0 fully saturated rings. The SMILES string of the molecule is NCC#Cc1cc(NC(=O)c2ccc(=O)oc2)ccc1F. The van der Waals surface area contributed by atoms with Crippen molar-refractivity contribution < 1.29 is 13.6 Å². The van der Waals surface area contributed by atoms with E-state index in [1.807, 2.05) is 0 Å². The van der Waals surface area contributed by atoms with Gasteiger partial charge in [0, 0.05) is 11.8 Å². The van der Waals surface area contributed by atoms with Gasteiger partial charge in [0.1, 0.15) is 12.1 Å². The number of hydrogen-bond donors (Lipinski definition) is 2. The average Bonchev–Trinajstić information content (AvgIpc) is 2.48. The minimum Gasteiger partial charge on any atom is -0.430 e. The Morgan fingerprint density at radius 3 is 2.81 bits per heavy atom. The van der Waals surface area contributed by atoms with Crippen LogP contribution in [0.15, 0.2) is 45.8 Å². The zero-order valence-corrected chi connectivity index (χ0v) is 10.9. The number of carbonyl (C=O) groups excluding carboxylic acids is 1. The average molecular weight is 286 g/mol. The summed E-state index contributed by atoms with van der Waals surface area (Å²) in [4.78, 5) is 22.7. The maximum Gasteiger partial charge on any atom is 0.335 e. The molecule has 0 saturated heterocycles. The molecule has 5 nitrogen and oxygen atoms in total. The summed E-state index contributed by atoms with van der Waals surface area (Å²) in [5.41, 5.74) is 5.36. The number of carbonyl (C=O) groups is 1. The van der Waals surface area contributed by atoms with Crippen molar-refractivity contribution in [2.45, 2.75) is 0 Å². The third-order valence-corrected chi connectivity index (χ3v) is 2.51. The van der Waals surface area contributed by atoms with Gasteiger partial charge in [-0.15, -0.1) is 0 Å². The first-order valence-electron chi connectivity index (χ1n) is 5.99. The number of nitrogens with one attached hydrogen (secondary N) is 1. The zero-order valence-electron chi connectivity index (χ0n) is 10.9. The highest BCUT2D eigenvalue weighted by Gasteiger charge is 2.08. The number of amides is 1. The van der Waals surface area contributed by atoms with E-state index < -0.39 is 17.3 Å². The number of benzene rings is 1. The van der Waals surface area contributed by atoms with Crippen LogP contribution < -0.4 is 16.7 Å². The van der Waals surface area contributed by atoms with Crippen molar-refractivity contribution in [1.82, 2.24) is 0 Å². The zero-order chi connectivity index (χ0) is 15.2. The fourth-order valence-corrected chi connectivity index (χ4v) is 1.54. The summed E-state index contributed by atoms with van der Waals surface area (Å²) in [6, 6.07) is 6.47. The lowest BCUT2D eigenvalue weighted by molar-refractivity contribution is 0.102. The Hall–Kier alpha value is -2.91. The summed E-state index contributed by atoms with van der Waals surface area (Å²) >= 11 is 0. The molecular weight excluding hydrogens is 275 g/mol. The summed E-state index contributed by atoms with van der Waals surface area (Å²) in [5, 5.41) is 2.56. The second kappa shape index (κ2) is 6.50. The topological polar surface area (TPSA) is 85.3 Å². The van der Waals surface area contributed by atoms with Gasteiger partial charge < -0.3 is 15.5 Å². The highest BCUT2D eigenvalue weighted by molar-refractivity contribution is 6.03. The maximum atomic E-state index is 13.5. The molecule has 1 amide bonds. The summed E-state index contributed by atoms with van der Waals surface area (Å²) in [7, 11) is 0. The Morgan fingerprint density at radius 2 is 2.14 bits per heavy atom. The van der Waals surface area contributed by atoms with E-state index >= 15 is 0 Å². The molecule has 0 spiro atoms. The second-order valence-corrected chi connectivity index (χ2v) is 4.00. The molecule has 0 atom stereocenters. The third-order valence-electron chi connectivity index (χ3n) is 2.51. The molecule has 2 rings (SSSR count). The van der Waals surface area contributed by atoms with Gasteiger partial charge in [-0.3, -0.25) is 4.79 Å². The van der Waals surface area contributed by atoms with E-state index in [-0.39, 0.29) is 17.7 Å². The van der Waals surface area contributed by atoms with Crippen molar-refractivity contribution in [3.05, 3.63) is 64.0 Å². The van der Waals surface area contributed by atoms with Crippen molar-refractivity contribution in [3.63, 3.8) is 0 Å². The number of anilines is 1. The molecule has 0 bridgehead atoms. The van der Waals surface area contributed by atoms with Gasteiger partial charge in [0.05, 0.1) is 17.7 Å². The fraction of sp³-hybridized carbons (Fsp3) is 0.0667. The molecule has 0 aliphatic carbocycles. The van der Waals surface area contributed by atoms with Crippen LogP contribution in [0, 0.1) is 17.7 Å². The first kappa shape index (κ1) is 14.5. The predicted octanol–water partition coefficient (Wildman–Crippen LogP) is 1.34. The summed E-state index contributed by atoms with van der Waals surface area (Å²) in [6.07, 6.45) is 1.05. The van der Waals surface area contributed by atoms with E-state index in [0.29, 0.717) is 5.69 Å². The Balaban J connectivity index is 2.21. The van der Waals surface area contributed by atoms with Crippen LogP contribution in [0.1, 0.15) is 15.9 Å². The van der Waals surface area contributed by atoms with E-state index in [9.17, 15) is 14.0 Å². The number of halogens is 1. The third kappa shape index (κ3) is 3.78.